The molecule has 1 aliphatic carbocycles. The average molecular weight is 455 g/mol. The van der Waals surface area contributed by atoms with Gasteiger partial charge in [-0.05, 0) is 62.1 Å². The lowest BCUT2D eigenvalue weighted by molar-refractivity contribution is -0.142. The second-order valence-corrected chi connectivity index (χ2v) is 9.03. The minimum Gasteiger partial charge on any atom is -0.466 e. The van der Waals surface area contributed by atoms with E-state index in [9.17, 15) is 4.79 Å². The van der Waals surface area contributed by atoms with Gasteiger partial charge in [-0.1, -0.05) is 23.4 Å². The second kappa shape index (κ2) is 9.52. The average Bonchev–Trinajstić information content (AvgIpc) is 3.13. The Morgan fingerprint density at radius 1 is 1.26 bits per heavy atom. The number of hydrogen-bond acceptors (Lipinski definition) is 9. The van der Waals surface area contributed by atoms with E-state index in [0.717, 1.165) is 47.7 Å². The van der Waals surface area contributed by atoms with E-state index in [2.05, 4.69) is 15.2 Å². The number of nitrogens with one attached hydrogen (secondary N) is 2. The quantitative estimate of drug-likeness (QED) is 0.101. The number of para-hydroxylation sites is 1. The van der Waals surface area contributed by atoms with Gasteiger partial charge >= 0.3 is 5.97 Å². The minimum atomic E-state index is -0.374. The molecule has 31 heavy (non-hydrogen) atoms. The summed E-state index contributed by atoms with van der Waals surface area (Å²) in [5, 5.41) is 15.0. The Labute approximate surface area is 188 Å². The number of aryl methyl sites for hydroxylation is 2. The molecule has 0 saturated heterocycles. The van der Waals surface area contributed by atoms with Crippen molar-refractivity contribution >= 4 is 50.1 Å². The first-order valence-electron chi connectivity index (χ1n) is 10.1. The van der Waals surface area contributed by atoms with Crippen LogP contribution in [0.15, 0.2) is 40.6 Å². The molecule has 1 aliphatic rings. The first kappa shape index (κ1) is 21.4. The van der Waals surface area contributed by atoms with Gasteiger partial charge in [-0.3, -0.25) is 10.2 Å². The Morgan fingerprint density at radius 2 is 2.03 bits per heavy atom. The van der Waals surface area contributed by atoms with Crippen LogP contribution in [0.25, 0.3) is 10.2 Å². The molecule has 1 aromatic carbocycles. The highest BCUT2D eigenvalue weighted by Gasteiger charge is 2.24. The summed E-state index contributed by atoms with van der Waals surface area (Å²) < 4.78 is 5.06. The Hall–Kier alpha value is -2.85. The Balaban J connectivity index is 1.73. The number of aromatic nitrogens is 2. The smallest absolute Gasteiger partial charge is 0.313 e. The number of thioether (sulfide) groups is 1. The van der Waals surface area contributed by atoms with Gasteiger partial charge in [0.1, 0.15) is 22.1 Å². The lowest BCUT2D eigenvalue weighted by atomic mass is 9.97. The summed E-state index contributed by atoms with van der Waals surface area (Å²) in [5.41, 5.74) is 9.44. The number of rotatable bonds is 6. The highest BCUT2D eigenvalue weighted by molar-refractivity contribution is 8.14. The number of esters is 1. The van der Waals surface area contributed by atoms with Crippen molar-refractivity contribution in [3.05, 3.63) is 46.6 Å². The van der Waals surface area contributed by atoms with E-state index in [1.54, 1.807) is 30.4 Å². The number of hydrogen-bond donors (Lipinski definition) is 2. The van der Waals surface area contributed by atoms with Crippen molar-refractivity contribution in [1.29, 1.82) is 10.9 Å². The molecule has 0 aliphatic heterocycles. The highest BCUT2D eigenvalue weighted by atomic mass is 32.2. The number of benzene rings is 1. The van der Waals surface area contributed by atoms with Crippen LogP contribution in [0, 0.1) is 10.9 Å². The number of fused-ring (bicyclic) bond motifs is 3. The highest BCUT2D eigenvalue weighted by Crippen LogP contribution is 2.40. The third kappa shape index (κ3) is 4.59. The first-order valence-corrected chi connectivity index (χ1v) is 11.7. The summed E-state index contributed by atoms with van der Waals surface area (Å²) in [7, 11) is 0. The molecular formula is C21H22N6O2S2. The van der Waals surface area contributed by atoms with E-state index in [1.165, 1.54) is 15.4 Å². The molecule has 0 radical (unpaired) electrons. The van der Waals surface area contributed by atoms with E-state index >= 15 is 0 Å². The molecule has 3 aromatic rings. The zero-order valence-electron chi connectivity index (χ0n) is 17.1. The molecule has 0 saturated carbocycles. The maximum absolute atomic E-state index is 12.0. The van der Waals surface area contributed by atoms with Gasteiger partial charge in [0.25, 0.3) is 0 Å². The molecule has 0 spiro atoms. The van der Waals surface area contributed by atoms with Crippen LogP contribution in [-0.2, 0) is 28.8 Å². The van der Waals surface area contributed by atoms with Gasteiger partial charge in [0.05, 0.1) is 12.3 Å². The number of amidine groups is 1. The van der Waals surface area contributed by atoms with Crippen molar-refractivity contribution in [1.82, 2.24) is 9.97 Å². The van der Waals surface area contributed by atoms with Crippen molar-refractivity contribution in [2.45, 2.75) is 44.1 Å². The van der Waals surface area contributed by atoms with Crippen LogP contribution in [0.5, 0.6) is 0 Å². The van der Waals surface area contributed by atoms with Crippen molar-refractivity contribution in [2.75, 3.05) is 11.6 Å². The molecule has 0 fully saturated rings. The topological polar surface area (TPSA) is 115 Å². The number of carbonyl (C=O) groups is 1. The number of thiophene rings is 1. The summed E-state index contributed by atoms with van der Waals surface area (Å²) in [6.07, 6.45) is 4.23. The fourth-order valence-electron chi connectivity index (χ4n) is 3.58. The maximum Gasteiger partial charge on any atom is 0.313 e. The molecule has 0 atom stereocenters. The van der Waals surface area contributed by atoms with Crippen LogP contribution >= 0.6 is 23.1 Å². The van der Waals surface area contributed by atoms with Crippen LogP contribution < -0.4 is 5.01 Å². The number of ether oxygens (including phenoxy) is 1. The summed E-state index contributed by atoms with van der Waals surface area (Å²) in [6.45, 7) is 2.07. The fourth-order valence-corrected chi connectivity index (χ4v) is 5.82. The molecule has 2 N–H and O–H groups in total. The summed E-state index contributed by atoms with van der Waals surface area (Å²) in [6, 6.07) is 9.13. The van der Waals surface area contributed by atoms with Gasteiger partial charge in [-0.2, -0.15) is 10.5 Å². The molecule has 0 unspecified atom stereocenters. The maximum atomic E-state index is 12.0. The molecule has 8 nitrogen and oxygen atoms in total. The molecule has 2 aromatic heterocycles. The van der Waals surface area contributed by atoms with Gasteiger partial charge in [0, 0.05) is 10.3 Å². The Morgan fingerprint density at radius 3 is 2.77 bits per heavy atom. The van der Waals surface area contributed by atoms with Gasteiger partial charge in [0.2, 0.25) is 0 Å². The third-order valence-corrected chi connectivity index (χ3v) is 6.96. The van der Waals surface area contributed by atoms with Crippen molar-refractivity contribution in [3.8, 4) is 0 Å². The summed E-state index contributed by atoms with van der Waals surface area (Å²) >= 11 is 2.78. The molecule has 4 rings (SSSR count). The van der Waals surface area contributed by atoms with E-state index in [0.29, 0.717) is 23.1 Å². The van der Waals surface area contributed by atoms with Crippen molar-refractivity contribution in [2.24, 2.45) is 5.22 Å². The van der Waals surface area contributed by atoms with Crippen LogP contribution in [0.3, 0.4) is 0 Å². The SMILES string of the molecule is CCOC(=O)Cc1nc(SC(=N)N(N=N)c2ccccc2)c2c3c(sc2n1)CCCC3. The fraction of sp³-hybridized carbons (Fsp3) is 0.333. The number of anilines is 1. The third-order valence-electron chi connectivity index (χ3n) is 4.92. The van der Waals surface area contributed by atoms with Crippen molar-refractivity contribution < 1.29 is 9.53 Å². The minimum absolute atomic E-state index is 0.0154. The Kier molecular flexibility index (Phi) is 6.57. The van der Waals surface area contributed by atoms with Crippen LogP contribution in [0.1, 0.15) is 36.0 Å². The normalized spacial score (nSPS) is 12.9. The monoisotopic (exact) mass is 454 g/mol. The van der Waals surface area contributed by atoms with Gasteiger partial charge < -0.3 is 4.74 Å². The molecule has 2 heterocycles. The van der Waals surface area contributed by atoms with Crippen molar-refractivity contribution in [3.63, 3.8) is 0 Å². The molecule has 160 valence electrons. The standard InChI is InChI=1S/C21H22N6O2S2/c1-2-29-17(28)12-16-24-19-18(14-10-6-7-11-15(14)30-19)20(25-16)31-21(22)27(26-23)13-8-4-3-5-9-13/h3-5,8-9,22-23H,2,6-7,10-12H2,1H3. The molecule has 10 heteroatoms. The molecule has 0 bridgehead atoms. The van der Waals surface area contributed by atoms with Gasteiger partial charge in [-0.25, -0.2) is 9.97 Å². The lowest BCUT2D eigenvalue weighted by Crippen LogP contribution is -2.21. The predicted octanol–water partition coefficient (Wildman–Crippen LogP) is 5.16. The lowest BCUT2D eigenvalue weighted by Gasteiger charge is -2.17. The zero-order chi connectivity index (χ0) is 21.8. The summed E-state index contributed by atoms with van der Waals surface area (Å²) in [4.78, 5) is 23.4. The molecular weight excluding hydrogens is 432 g/mol. The van der Waals surface area contributed by atoms with Gasteiger partial charge in [0.15, 0.2) is 5.17 Å². The van der Waals surface area contributed by atoms with E-state index in [-0.39, 0.29) is 17.6 Å². The zero-order valence-corrected chi connectivity index (χ0v) is 18.7. The molecule has 0 amide bonds. The van der Waals surface area contributed by atoms with Crippen LogP contribution in [0.2, 0.25) is 0 Å². The van der Waals surface area contributed by atoms with E-state index < -0.39 is 0 Å². The number of carbonyl (C=O) groups excluding carboxylic acids is 1. The predicted molar refractivity (Wildman–Crippen MR) is 122 cm³/mol. The number of nitrogens with zero attached hydrogens (tertiary/aromatic N) is 4. The Bertz CT molecular complexity index is 1130. The first-order chi connectivity index (χ1) is 15.1. The second-order valence-electron chi connectivity index (χ2n) is 6.97. The summed E-state index contributed by atoms with van der Waals surface area (Å²) in [5.74, 6) is 0.00943. The van der Waals surface area contributed by atoms with E-state index in [1.807, 2.05) is 18.2 Å². The van der Waals surface area contributed by atoms with Gasteiger partial charge in [-0.15, -0.1) is 11.3 Å². The largest absolute Gasteiger partial charge is 0.466 e. The van der Waals surface area contributed by atoms with E-state index in [4.69, 9.17) is 15.7 Å². The van der Waals surface area contributed by atoms with Crippen LogP contribution in [0.4, 0.5) is 5.69 Å². The van der Waals surface area contributed by atoms with Crippen LogP contribution in [-0.4, -0.2) is 27.7 Å².